The fraction of sp³-hybridized carbons (Fsp3) is 0.316. The molecule has 1 aliphatic rings. The second kappa shape index (κ2) is 7.79. The molecule has 0 aromatic heterocycles. The predicted molar refractivity (Wildman–Crippen MR) is 92.4 cm³/mol. The summed E-state index contributed by atoms with van der Waals surface area (Å²) in [6, 6.07) is 12.8. The number of nitrogens with zero attached hydrogens (tertiary/aromatic N) is 1. The van der Waals surface area contributed by atoms with Gasteiger partial charge in [-0.15, -0.1) is 0 Å². The van der Waals surface area contributed by atoms with Crippen LogP contribution in [0.3, 0.4) is 0 Å². The Labute approximate surface area is 146 Å². The summed E-state index contributed by atoms with van der Waals surface area (Å²) in [7, 11) is 3.35. The number of fused-ring (bicyclic) bond motifs is 1. The standard InChI is InChI=1S/C19H21NO5/c1-20(12-14-3-8-17-18(11-14)24-10-9-23-17)19(21)13-25-16-6-4-15(22-2)5-7-16/h3-8,11H,9-10,12-13H2,1-2H3. The highest BCUT2D eigenvalue weighted by molar-refractivity contribution is 5.77. The quantitative estimate of drug-likeness (QED) is 0.807. The molecule has 1 aliphatic heterocycles. The highest BCUT2D eigenvalue weighted by Gasteiger charge is 2.14. The SMILES string of the molecule is COc1ccc(OCC(=O)N(C)Cc2ccc3c(c2)OCCO3)cc1. The maximum atomic E-state index is 12.3. The third kappa shape index (κ3) is 4.35. The fourth-order valence-electron chi connectivity index (χ4n) is 2.48. The van der Waals surface area contributed by atoms with Gasteiger partial charge in [0.25, 0.3) is 5.91 Å². The molecule has 0 N–H and O–H groups in total. The highest BCUT2D eigenvalue weighted by Crippen LogP contribution is 2.31. The molecule has 0 radical (unpaired) electrons. The Hall–Kier alpha value is -2.89. The zero-order valence-corrected chi connectivity index (χ0v) is 14.4. The maximum Gasteiger partial charge on any atom is 0.260 e. The Balaban J connectivity index is 1.53. The highest BCUT2D eigenvalue weighted by atomic mass is 16.6. The van der Waals surface area contributed by atoms with E-state index >= 15 is 0 Å². The van der Waals surface area contributed by atoms with Gasteiger partial charge in [0.1, 0.15) is 24.7 Å². The van der Waals surface area contributed by atoms with Crippen molar-refractivity contribution in [1.29, 1.82) is 0 Å². The van der Waals surface area contributed by atoms with E-state index in [4.69, 9.17) is 18.9 Å². The van der Waals surface area contributed by atoms with Gasteiger partial charge in [0.2, 0.25) is 0 Å². The van der Waals surface area contributed by atoms with Crippen LogP contribution in [0.15, 0.2) is 42.5 Å². The molecular weight excluding hydrogens is 322 g/mol. The number of amides is 1. The van der Waals surface area contributed by atoms with E-state index in [0.29, 0.717) is 25.5 Å². The Bertz CT molecular complexity index is 729. The van der Waals surface area contributed by atoms with Crippen molar-refractivity contribution in [2.24, 2.45) is 0 Å². The van der Waals surface area contributed by atoms with Gasteiger partial charge in [-0.25, -0.2) is 0 Å². The molecule has 0 unspecified atom stereocenters. The zero-order chi connectivity index (χ0) is 17.6. The second-order valence-corrected chi connectivity index (χ2v) is 5.69. The number of carbonyl (C=O) groups is 1. The largest absolute Gasteiger partial charge is 0.497 e. The summed E-state index contributed by atoms with van der Waals surface area (Å²) in [5, 5.41) is 0. The molecule has 0 spiro atoms. The maximum absolute atomic E-state index is 12.3. The summed E-state index contributed by atoms with van der Waals surface area (Å²) in [5.74, 6) is 2.73. The van der Waals surface area contributed by atoms with Gasteiger partial charge in [-0.3, -0.25) is 4.79 Å². The predicted octanol–water partition coefficient (Wildman–Crippen LogP) is 2.50. The molecule has 0 fully saturated rings. The van der Waals surface area contributed by atoms with Crippen molar-refractivity contribution in [2.45, 2.75) is 6.54 Å². The Kier molecular flexibility index (Phi) is 5.28. The lowest BCUT2D eigenvalue weighted by atomic mass is 10.2. The van der Waals surface area contributed by atoms with Gasteiger partial charge in [0.15, 0.2) is 18.1 Å². The fourth-order valence-corrected chi connectivity index (χ4v) is 2.48. The first-order valence-corrected chi connectivity index (χ1v) is 8.05. The molecule has 6 heteroatoms. The van der Waals surface area contributed by atoms with Crippen LogP contribution >= 0.6 is 0 Å². The van der Waals surface area contributed by atoms with Crippen molar-refractivity contribution in [3.63, 3.8) is 0 Å². The number of hydrogen-bond donors (Lipinski definition) is 0. The first-order valence-electron chi connectivity index (χ1n) is 8.05. The third-order valence-electron chi connectivity index (χ3n) is 3.87. The summed E-state index contributed by atoms with van der Waals surface area (Å²) in [6.45, 7) is 1.56. The van der Waals surface area contributed by atoms with Crippen LogP contribution in [-0.4, -0.2) is 44.8 Å². The first-order chi connectivity index (χ1) is 12.2. The molecule has 0 saturated carbocycles. The second-order valence-electron chi connectivity index (χ2n) is 5.69. The Morgan fingerprint density at radius 1 is 1.04 bits per heavy atom. The molecule has 1 amide bonds. The smallest absolute Gasteiger partial charge is 0.260 e. The molecule has 25 heavy (non-hydrogen) atoms. The summed E-state index contributed by atoms with van der Waals surface area (Å²) >= 11 is 0. The number of carbonyl (C=O) groups excluding carboxylic acids is 1. The number of benzene rings is 2. The molecule has 132 valence electrons. The normalized spacial score (nSPS) is 12.4. The van der Waals surface area contributed by atoms with E-state index in [1.54, 1.807) is 43.3 Å². The summed E-state index contributed by atoms with van der Waals surface area (Å²) in [4.78, 5) is 13.9. The molecule has 0 saturated heterocycles. The van der Waals surface area contributed by atoms with Crippen molar-refractivity contribution in [1.82, 2.24) is 4.90 Å². The Morgan fingerprint density at radius 3 is 2.44 bits per heavy atom. The van der Waals surface area contributed by atoms with Gasteiger partial charge < -0.3 is 23.8 Å². The minimum absolute atomic E-state index is 0.0205. The minimum atomic E-state index is -0.106. The summed E-state index contributed by atoms with van der Waals surface area (Å²) in [5.41, 5.74) is 0.976. The van der Waals surface area contributed by atoms with Gasteiger partial charge in [-0.05, 0) is 42.0 Å². The lowest BCUT2D eigenvalue weighted by molar-refractivity contribution is -0.132. The van der Waals surface area contributed by atoms with Crippen LogP contribution in [0.2, 0.25) is 0 Å². The first kappa shape index (κ1) is 17.0. The van der Waals surface area contributed by atoms with E-state index in [0.717, 1.165) is 22.8 Å². The van der Waals surface area contributed by atoms with E-state index in [9.17, 15) is 4.79 Å². The van der Waals surface area contributed by atoms with Crippen molar-refractivity contribution in [3.05, 3.63) is 48.0 Å². The number of likely N-dealkylation sites (N-methyl/N-ethyl adjacent to an activating group) is 1. The number of rotatable bonds is 6. The summed E-state index contributed by atoms with van der Waals surface area (Å²) in [6.07, 6.45) is 0. The zero-order valence-electron chi connectivity index (χ0n) is 14.4. The van der Waals surface area contributed by atoms with E-state index in [1.807, 2.05) is 18.2 Å². The van der Waals surface area contributed by atoms with Gasteiger partial charge >= 0.3 is 0 Å². The molecule has 2 aromatic rings. The molecule has 0 aliphatic carbocycles. The minimum Gasteiger partial charge on any atom is -0.497 e. The van der Waals surface area contributed by atoms with E-state index in [2.05, 4.69) is 0 Å². The molecular formula is C19H21NO5. The van der Waals surface area contributed by atoms with Crippen LogP contribution in [0.4, 0.5) is 0 Å². The topological polar surface area (TPSA) is 57.2 Å². The van der Waals surface area contributed by atoms with Gasteiger partial charge in [-0.1, -0.05) is 6.07 Å². The lowest BCUT2D eigenvalue weighted by Crippen LogP contribution is -2.31. The van der Waals surface area contributed by atoms with Crippen LogP contribution in [0, 0.1) is 0 Å². The monoisotopic (exact) mass is 343 g/mol. The molecule has 3 rings (SSSR count). The molecule has 0 bridgehead atoms. The molecule has 6 nitrogen and oxygen atoms in total. The summed E-state index contributed by atoms with van der Waals surface area (Å²) < 4.78 is 21.7. The van der Waals surface area contributed by atoms with Crippen molar-refractivity contribution >= 4 is 5.91 Å². The van der Waals surface area contributed by atoms with Crippen LogP contribution in [0.25, 0.3) is 0 Å². The number of methoxy groups -OCH3 is 1. The van der Waals surface area contributed by atoms with Crippen molar-refractivity contribution in [2.75, 3.05) is 34.0 Å². The van der Waals surface area contributed by atoms with E-state index in [-0.39, 0.29) is 12.5 Å². The molecule has 2 aromatic carbocycles. The molecule has 0 atom stereocenters. The number of hydrogen-bond acceptors (Lipinski definition) is 5. The lowest BCUT2D eigenvalue weighted by Gasteiger charge is -2.21. The average Bonchev–Trinajstić information content (AvgIpc) is 2.66. The van der Waals surface area contributed by atoms with Gasteiger partial charge in [0.05, 0.1) is 7.11 Å². The average molecular weight is 343 g/mol. The van der Waals surface area contributed by atoms with Crippen LogP contribution in [-0.2, 0) is 11.3 Å². The van der Waals surface area contributed by atoms with Gasteiger partial charge in [0, 0.05) is 13.6 Å². The van der Waals surface area contributed by atoms with E-state index < -0.39 is 0 Å². The Morgan fingerprint density at radius 2 is 1.72 bits per heavy atom. The van der Waals surface area contributed by atoms with E-state index in [1.165, 1.54) is 0 Å². The van der Waals surface area contributed by atoms with Crippen LogP contribution in [0.5, 0.6) is 23.0 Å². The number of ether oxygens (including phenoxy) is 4. The third-order valence-corrected chi connectivity index (χ3v) is 3.87. The van der Waals surface area contributed by atoms with Crippen LogP contribution < -0.4 is 18.9 Å². The van der Waals surface area contributed by atoms with Crippen molar-refractivity contribution in [3.8, 4) is 23.0 Å². The van der Waals surface area contributed by atoms with Crippen LogP contribution in [0.1, 0.15) is 5.56 Å². The molecule has 1 heterocycles. The van der Waals surface area contributed by atoms with Gasteiger partial charge in [-0.2, -0.15) is 0 Å². The van der Waals surface area contributed by atoms with Crippen molar-refractivity contribution < 1.29 is 23.7 Å².